The molecule has 26 heavy (non-hydrogen) atoms. The van der Waals surface area contributed by atoms with Crippen molar-refractivity contribution < 1.29 is 4.79 Å². The minimum atomic E-state index is 0.0209. The van der Waals surface area contributed by atoms with Crippen molar-refractivity contribution in [1.82, 2.24) is 4.98 Å². The van der Waals surface area contributed by atoms with E-state index in [0.717, 1.165) is 34.9 Å². The molecule has 0 N–H and O–H groups in total. The first-order valence-electron chi connectivity index (χ1n) is 8.58. The summed E-state index contributed by atoms with van der Waals surface area (Å²) < 4.78 is 0. The van der Waals surface area contributed by atoms with E-state index in [1.54, 1.807) is 11.0 Å². The number of halogens is 1. The molecule has 2 aromatic carbocycles. The van der Waals surface area contributed by atoms with Crippen molar-refractivity contribution in [3.8, 4) is 17.2 Å². The minimum absolute atomic E-state index is 0.0209. The Morgan fingerprint density at radius 2 is 1.92 bits per heavy atom. The van der Waals surface area contributed by atoms with E-state index >= 15 is 0 Å². The Hall–Kier alpha value is -2.90. The Morgan fingerprint density at radius 1 is 1.12 bits per heavy atom. The number of hydrogen-bond acceptors (Lipinski definition) is 3. The summed E-state index contributed by atoms with van der Waals surface area (Å²) in [6, 6.07) is 17.4. The molecule has 1 amide bonds. The zero-order valence-corrected chi connectivity index (χ0v) is 14.8. The average Bonchev–Trinajstić information content (AvgIpc) is 2.67. The van der Waals surface area contributed by atoms with Crippen molar-refractivity contribution >= 4 is 34.2 Å². The highest BCUT2D eigenvalue weighted by Crippen LogP contribution is 2.38. The first kappa shape index (κ1) is 16.6. The topological polar surface area (TPSA) is 57.0 Å². The van der Waals surface area contributed by atoms with Crippen molar-refractivity contribution in [3.63, 3.8) is 0 Å². The first-order chi connectivity index (χ1) is 12.7. The zero-order valence-electron chi connectivity index (χ0n) is 14.1. The van der Waals surface area contributed by atoms with Crippen LogP contribution in [-0.2, 0) is 4.79 Å². The number of nitriles is 1. The Kier molecular flexibility index (Phi) is 4.32. The molecule has 1 saturated heterocycles. The van der Waals surface area contributed by atoms with Crippen LogP contribution in [0, 0.1) is 11.3 Å². The minimum Gasteiger partial charge on any atom is -0.296 e. The van der Waals surface area contributed by atoms with Crippen LogP contribution < -0.4 is 4.90 Å². The fourth-order valence-corrected chi connectivity index (χ4v) is 3.63. The van der Waals surface area contributed by atoms with Gasteiger partial charge in [0.25, 0.3) is 0 Å². The third-order valence-electron chi connectivity index (χ3n) is 4.68. The predicted molar refractivity (Wildman–Crippen MR) is 103 cm³/mol. The average molecular weight is 362 g/mol. The third-order valence-corrected chi connectivity index (χ3v) is 4.92. The summed E-state index contributed by atoms with van der Waals surface area (Å²) in [6.45, 7) is 0.591. The molecule has 4 rings (SSSR count). The number of rotatable bonds is 2. The predicted octanol–water partition coefficient (Wildman–Crippen LogP) is 4.94. The van der Waals surface area contributed by atoms with E-state index in [0.29, 0.717) is 29.4 Å². The number of benzene rings is 2. The van der Waals surface area contributed by atoms with Gasteiger partial charge in [0.05, 0.1) is 5.52 Å². The molecule has 1 aliphatic heterocycles. The maximum absolute atomic E-state index is 12.5. The molecule has 0 unspecified atom stereocenters. The quantitative estimate of drug-likeness (QED) is 0.649. The van der Waals surface area contributed by atoms with Gasteiger partial charge in [-0.25, -0.2) is 4.98 Å². The van der Waals surface area contributed by atoms with Crippen molar-refractivity contribution in [1.29, 1.82) is 5.26 Å². The summed E-state index contributed by atoms with van der Waals surface area (Å²) in [5.41, 5.74) is 2.82. The maximum atomic E-state index is 12.5. The number of piperidine rings is 1. The van der Waals surface area contributed by atoms with Gasteiger partial charge in [0, 0.05) is 28.9 Å². The highest BCUT2D eigenvalue weighted by Gasteiger charge is 2.26. The Labute approximate surface area is 156 Å². The van der Waals surface area contributed by atoms with Crippen LogP contribution in [0.25, 0.3) is 22.0 Å². The fourth-order valence-electron chi connectivity index (χ4n) is 3.46. The van der Waals surface area contributed by atoms with Crippen molar-refractivity contribution in [3.05, 3.63) is 59.1 Å². The molecule has 4 nitrogen and oxygen atoms in total. The largest absolute Gasteiger partial charge is 0.296 e. The van der Waals surface area contributed by atoms with Gasteiger partial charge in [-0.1, -0.05) is 41.9 Å². The number of fused-ring (bicyclic) bond motifs is 1. The SMILES string of the molecule is N#Cc1c(N2CCCCC2=O)nc2ccc(Cl)cc2c1-c1ccccc1. The van der Waals surface area contributed by atoms with E-state index in [4.69, 9.17) is 11.6 Å². The number of anilines is 1. The maximum Gasteiger partial charge on any atom is 0.228 e. The zero-order chi connectivity index (χ0) is 18.1. The van der Waals surface area contributed by atoms with E-state index in [9.17, 15) is 10.1 Å². The van der Waals surface area contributed by atoms with Gasteiger partial charge in [0.15, 0.2) is 5.82 Å². The van der Waals surface area contributed by atoms with Crippen LogP contribution in [0.1, 0.15) is 24.8 Å². The molecule has 0 radical (unpaired) electrons. The first-order valence-corrected chi connectivity index (χ1v) is 8.96. The van der Waals surface area contributed by atoms with E-state index < -0.39 is 0 Å². The van der Waals surface area contributed by atoms with Crippen LogP contribution in [-0.4, -0.2) is 17.4 Å². The van der Waals surface area contributed by atoms with Crippen LogP contribution in [0.3, 0.4) is 0 Å². The molecule has 5 heteroatoms. The van der Waals surface area contributed by atoms with Crippen LogP contribution >= 0.6 is 11.6 Å². The van der Waals surface area contributed by atoms with Crippen molar-refractivity contribution in [2.45, 2.75) is 19.3 Å². The highest BCUT2D eigenvalue weighted by atomic mass is 35.5. The molecule has 0 saturated carbocycles. The van der Waals surface area contributed by atoms with Gasteiger partial charge in [-0.2, -0.15) is 5.26 Å². The Balaban J connectivity index is 2.07. The molecule has 0 spiro atoms. The summed E-state index contributed by atoms with van der Waals surface area (Å²) in [6.07, 6.45) is 2.29. The Morgan fingerprint density at radius 3 is 2.65 bits per heavy atom. The fraction of sp³-hybridized carbons (Fsp3) is 0.190. The molecule has 2 heterocycles. The number of carbonyl (C=O) groups is 1. The lowest BCUT2D eigenvalue weighted by Crippen LogP contribution is -2.36. The molecule has 0 bridgehead atoms. The van der Waals surface area contributed by atoms with E-state index in [2.05, 4.69) is 11.1 Å². The van der Waals surface area contributed by atoms with Gasteiger partial charge in [0.1, 0.15) is 11.6 Å². The molecule has 128 valence electrons. The van der Waals surface area contributed by atoms with Crippen LogP contribution in [0.2, 0.25) is 5.02 Å². The number of carbonyl (C=O) groups excluding carboxylic acids is 1. The number of hydrogen-bond donors (Lipinski definition) is 0. The van der Waals surface area contributed by atoms with Crippen molar-refractivity contribution in [2.75, 3.05) is 11.4 Å². The molecule has 0 atom stereocenters. The second kappa shape index (κ2) is 6.78. The number of aromatic nitrogens is 1. The standard InChI is InChI=1S/C21H16ClN3O/c22-15-9-10-18-16(12-15)20(14-6-2-1-3-7-14)17(13-23)21(24-18)25-11-5-4-8-19(25)26/h1-3,6-7,9-10,12H,4-5,8,11H2. The molecule has 1 aromatic heterocycles. The van der Waals surface area contributed by atoms with Gasteiger partial charge in [0.2, 0.25) is 5.91 Å². The normalized spacial score (nSPS) is 14.5. The lowest BCUT2D eigenvalue weighted by molar-refractivity contribution is -0.119. The molecular formula is C21H16ClN3O. The number of nitrogens with zero attached hydrogens (tertiary/aromatic N) is 3. The van der Waals surface area contributed by atoms with Crippen LogP contribution in [0.4, 0.5) is 5.82 Å². The smallest absolute Gasteiger partial charge is 0.228 e. The molecule has 3 aromatic rings. The van der Waals surface area contributed by atoms with Gasteiger partial charge >= 0.3 is 0 Å². The van der Waals surface area contributed by atoms with E-state index in [1.165, 1.54) is 0 Å². The lowest BCUT2D eigenvalue weighted by atomic mass is 9.95. The van der Waals surface area contributed by atoms with E-state index in [1.807, 2.05) is 42.5 Å². The summed E-state index contributed by atoms with van der Waals surface area (Å²) in [7, 11) is 0. The number of pyridine rings is 1. The number of amides is 1. The van der Waals surface area contributed by atoms with Crippen molar-refractivity contribution in [2.24, 2.45) is 0 Å². The third kappa shape index (κ3) is 2.81. The summed E-state index contributed by atoms with van der Waals surface area (Å²) in [4.78, 5) is 18.8. The van der Waals surface area contributed by atoms with Crippen LogP contribution in [0.15, 0.2) is 48.5 Å². The van der Waals surface area contributed by atoms with Crippen LogP contribution in [0.5, 0.6) is 0 Å². The van der Waals surface area contributed by atoms with Gasteiger partial charge in [-0.05, 0) is 36.6 Å². The van der Waals surface area contributed by atoms with Gasteiger partial charge in [-0.15, -0.1) is 0 Å². The monoisotopic (exact) mass is 361 g/mol. The van der Waals surface area contributed by atoms with Gasteiger partial charge in [-0.3, -0.25) is 9.69 Å². The molecular weight excluding hydrogens is 346 g/mol. The Bertz CT molecular complexity index is 1040. The highest BCUT2D eigenvalue weighted by molar-refractivity contribution is 6.31. The molecule has 1 fully saturated rings. The summed E-state index contributed by atoms with van der Waals surface area (Å²) in [5.74, 6) is 0.471. The summed E-state index contributed by atoms with van der Waals surface area (Å²) >= 11 is 6.21. The second-order valence-electron chi connectivity index (χ2n) is 6.33. The second-order valence-corrected chi connectivity index (χ2v) is 6.76. The molecule has 0 aliphatic carbocycles. The van der Waals surface area contributed by atoms with E-state index in [-0.39, 0.29) is 5.91 Å². The summed E-state index contributed by atoms with van der Waals surface area (Å²) in [5, 5.41) is 11.3. The molecule has 1 aliphatic rings. The lowest BCUT2D eigenvalue weighted by Gasteiger charge is -2.27. The van der Waals surface area contributed by atoms with Gasteiger partial charge < -0.3 is 0 Å².